The van der Waals surface area contributed by atoms with Gasteiger partial charge in [0, 0.05) is 23.8 Å². The number of ether oxygens (including phenoxy) is 1. The van der Waals surface area contributed by atoms with Crippen molar-refractivity contribution in [3.8, 4) is 17.1 Å². The van der Waals surface area contributed by atoms with Crippen molar-refractivity contribution in [3.63, 3.8) is 0 Å². The van der Waals surface area contributed by atoms with Crippen molar-refractivity contribution in [3.05, 3.63) is 96.1 Å². The van der Waals surface area contributed by atoms with Gasteiger partial charge in [0.05, 0.1) is 7.11 Å². The molecule has 0 aliphatic carbocycles. The van der Waals surface area contributed by atoms with Crippen LogP contribution in [0.3, 0.4) is 0 Å². The Hall–Kier alpha value is -3.58. The molecular weight excluding hydrogens is 432 g/mol. The summed E-state index contributed by atoms with van der Waals surface area (Å²) in [7, 11) is 1.64. The van der Waals surface area contributed by atoms with Gasteiger partial charge in [0.15, 0.2) is 5.82 Å². The number of thioether (sulfide) groups is 1. The highest BCUT2D eigenvalue weighted by molar-refractivity contribution is 7.99. The van der Waals surface area contributed by atoms with Crippen LogP contribution in [0.2, 0.25) is 0 Å². The smallest absolute Gasteiger partial charge is 0.221 e. The first kappa shape index (κ1) is 22.6. The summed E-state index contributed by atoms with van der Waals surface area (Å²) in [5.74, 6) is 1.48. The molecule has 7 heteroatoms. The molecule has 0 bridgehead atoms. The fourth-order valence-corrected chi connectivity index (χ4v) is 4.45. The normalized spacial score (nSPS) is 11.7. The third kappa shape index (κ3) is 6.46. The maximum absolute atomic E-state index is 12.8. The number of rotatable bonds is 10. The van der Waals surface area contributed by atoms with Gasteiger partial charge in [0.25, 0.3) is 0 Å². The Balaban J connectivity index is 1.44. The van der Waals surface area contributed by atoms with Gasteiger partial charge in [-0.3, -0.25) is 9.89 Å². The maximum Gasteiger partial charge on any atom is 0.221 e. The molecule has 4 aromatic rings. The fourth-order valence-electron chi connectivity index (χ4n) is 3.43. The first-order valence-corrected chi connectivity index (χ1v) is 11.7. The minimum Gasteiger partial charge on any atom is -0.497 e. The van der Waals surface area contributed by atoms with E-state index < -0.39 is 0 Å². The number of methoxy groups -OCH3 is 1. The van der Waals surface area contributed by atoms with Crippen LogP contribution in [0.5, 0.6) is 5.75 Å². The van der Waals surface area contributed by atoms with Gasteiger partial charge in [-0.2, -0.15) is 0 Å². The zero-order chi connectivity index (χ0) is 22.9. The standard InChI is InChI=1S/C26H26N4O2S/c1-32-22-14-12-20(13-15-22)23(18-24(31)27-17-16-19-8-4-2-5-9-19)33-26-28-25(29-30-26)21-10-6-3-7-11-21/h2-15,23H,16-18H2,1H3,(H,27,31)(H,28,29,30). The number of H-pyrrole nitrogens is 1. The van der Waals surface area contributed by atoms with Gasteiger partial charge < -0.3 is 10.1 Å². The van der Waals surface area contributed by atoms with Crippen LogP contribution >= 0.6 is 11.8 Å². The summed E-state index contributed by atoms with van der Waals surface area (Å²) in [5, 5.41) is 10.9. The summed E-state index contributed by atoms with van der Waals surface area (Å²) in [5.41, 5.74) is 3.19. The third-order valence-corrected chi connectivity index (χ3v) is 6.31. The van der Waals surface area contributed by atoms with Crippen molar-refractivity contribution in [2.45, 2.75) is 23.2 Å². The summed E-state index contributed by atoms with van der Waals surface area (Å²) < 4.78 is 5.28. The van der Waals surface area contributed by atoms with E-state index in [4.69, 9.17) is 4.74 Å². The zero-order valence-electron chi connectivity index (χ0n) is 18.4. The molecule has 6 nitrogen and oxygen atoms in total. The molecule has 168 valence electrons. The number of aromatic amines is 1. The van der Waals surface area contributed by atoms with E-state index in [1.807, 2.05) is 72.8 Å². The Morgan fingerprint density at radius 3 is 2.39 bits per heavy atom. The highest BCUT2D eigenvalue weighted by Gasteiger charge is 2.20. The number of carbonyl (C=O) groups excluding carboxylic acids is 1. The average molecular weight is 459 g/mol. The van der Waals surface area contributed by atoms with Gasteiger partial charge in [-0.1, -0.05) is 84.6 Å². The molecule has 1 atom stereocenters. The molecular formula is C26H26N4O2S. The molecule has 0 saturated heterocycles. The number of nitrogens with one attached hydrogen (secondary N) is 2. The number of benzene rings is 3. The van der Waals surface area contributed by atoms with Gasteiger partial charge in [-0.05, 0) is 29.7 Å². The fraction of sp³-hybridized carbons (Fsp3) is 0.192. The molecule has 33 heavy (non-hydrogen) atoms. The highest BCUT2D eigenvalue weighted by atomic mass is 32.2. The summed E-state index contributed by atoms with van der Waals surface area (Å²) in [6.07, 6.45) is 1.12. The quantitative estimate of drug-likeness (QED) is 0.325. The molecule has 0 saturated carbocycles. The van der Waals surface area contributed by atoms with Crippen molar-refractivity contribution < 1.29 is 9.53 Å². The monoisotopic (exact) mass is 458 g/mol. The summed E-state index contributed by atoms with van der Waals surface area (Å²) in [6, 6.07) is 27.8. The molecule has 0 aliphatic rings. The predicted octanol–water partition coefficient (Wildman–Crippen LogP) is 5.06. The molecule has 1 amide bonds. The van der Waals surface area contributed by atoms with Crippen molar-refractivity contribution in [2.24, 2.45) is 0 Å². The van der Waals surface area contributed by atoms with Gasteiger partial charge in [0.2, 0.25) is 11.1 Å². The molecule has 1 aromatic heterocycles. The van der Waals surface area contributed by atoms with Crippen LogP contribution in [0.15, 0.2) is 90.1 Å². The topological polar surface area (TPSA) is 79.9 Å². The van der Waals surface area contributed by atoms with E-state index in [1.165, 1.54) is 17.3 Å². The van der Waals surface area contributed by atoms with E-state index in [0.717, 1.165) is 23.3 Å². The predicted molar refractivity (Wildman–Crippen MR) is 131 cm³/mol. The second kappa shape index (κ2) is 11.3. The second-order valence-corrected chi connectivity index (χ2v) is 8.67. The first-order chi connectivity index (χ1) is 16.2. The summed E-state index contributed by atoms with van der Waals surface area (Å²) in [4.78, 5) is 17.4. The number of hydrogen-bond donors (Lipinski definition) is 2. The molecule has 2 N–H and O–H groups in total. The van der Waals surface area contributed by atoms with E-state index in [2.05, 4.69) is 32.6 Å². The Labute approximate surface area is 197 Å². The summed E-state index contributed by atoms with van der Waals surface area (Å²) in [6.45, 7) is 0.599. The van der Waals surface area contributed by atoms with E-state index in [-0.39, 0.29) is 11.2 Å². The maximum atomic E-state index is 12.8. The van der Waals surface area contributed by atoms with Gasteiger partial charge in [0.1, 0.15) is 5.75 Å². The molecule has 0 fully saturated rings. The SMILES string of the molecule is COc1ccc(C(CC(=O)NCCc2ccccc2)Sc2n[nH]c(-c3ccccc3)n2)cc1. The molecule has 0 radical (unpaired) electrons. The molecule has 3 aromatic carbocycles. The lowest BCUT2D eigenvalue weighted by atomic mass is 10.1. The van der Waals surface area contributed by atoms with Crippen LogP contribution in [0.4, 0.5) is 0 Å². The Morgan fingerprint density at radius 2 is 1.70 bits per heavy atom. The van der Waals surface area contributed by atoms with Crippen molar-refractivity contribution in [1.82, 2.24) is 20.5 Å². The second-order valence-electron chi connectivity index (χ2n) is 7.50. The van der Waals surface area contributed by atoms with Crippen molar-refractivity contribution in [1.29, 1.82) is 0 Å². The van der Waals surface area contributed by atoms with Gasteiger partial charge in [-0.25, -0.2) is 4.98 Å². The minimum atomic E-state index is -0.132. The third-order valence-electron chi connectivity index (χ3n) is 5.20. The number of carbonyl (C=O) groups is 1. The van der Waals surface area contributed by atoms with E-state index in [9.17, 15) is 4.79 Å². The Bertz CT molecular complexity index is 1150. The zero-order valence-corrected chi connectivity index (χ0v) is 19.2. The van der Waals surface area contributed by atoms with Crippen LogP contribution in [-0.2, 0) is 11.2 Å². The molecule has 1 unspecified atom stereocenters. The molecule has 4 rings (SSSR count). The Morgan fingerprint density at radius 1 is 1.00 bits per heavy atom. The van der Waals surface area contributed by atoms with Crippen LogP contribution < -0.4 is 10.1 Å². The largest absolute Gasteiger partial charge is 0.497 e. The molecule has 1 heterocycles. The highest BCUT2D eigenvalue weighted by Crippen LogP contribution is 2.37. The van der Waals surface area contributed by atoms with E-state index in [1.54, 1.807) is 7.11 Å². The average Bonchev–Trinajstić information content (AvgIpc) is 3.33. The first-order valence-electron chi connectivity index (χ1n) is 10.8. The van der Waals surface area contributed by atoms with E-state index >= 15 is 0 Å². The van der Waals surface area contributed by atoms with Gasteiger partial charge >= 0.3 is 0 Å². The lowest BCUT2D eigenvalue weighted by Gasteiger charge is -2.16. The van der Waals surface area contributed by atoms with Crippen LogP contribution in [0.1, 0.15) is 22.8 Å². The lowest BCUT2D eigenvalue weighted by Crippen LogP contribution is -2.26. The number of aromatic nitrogens is 3. The minimum absolute atomic E-state index is 0.00179. The number of amides is 1. The summed E-state index contributed by atoms with van der Waals surface area (Å²) >= 11 is 1.47. The Kier molecular flexibility index (Phi) is 7.76. The lowest BCUT2D eigenvalue weighted by molar-refractivity contribution is -0.121. The number of nitrogens with zero attached hydrogens (tertiary/aromatic N) is 2. The molecule has 0 spiro atoms. The van der Waals surface area contributed by atoms with Crippen molar-refractivity contribution in [2.75, 3.05) is 13.7 Å². The van der Waals surface area contributed by atoms with Gasteiger partial charge in [-0.15, -0.1) is 5.10 Å². The number of hydrogen-bond acceptors (Lipinski definition) is 5. The van der Waals surface area contributed by atoms with Crippen LogP contribution in [-0.4, -0.2) is 34.7 Å². The van der Waals surface area contributed by atoms with Crippen LogP contribution in [0, 0.1) is 0 Å². The molecule has 0 aliphatic heterocycles. The van der Waals surface area contributed by atoms with Crippen LogP contribution in [0.25, 0.3) is 11.4 Å². The van der Waals surface area contributed by atoms with Crippen molar-refractivity contribution >= 4 is 17.7 Å². The van der Waals surface area contributed by atoms with E-state index in [0.29, 0.717) is 23.9 Å².